The minimum atomic E-state index is -0.344. The minimum absolute atomic E-state index is 0. The third-order valence-corrected chi connectivity index (χ3v) is 5.06. The van der Waals surface area contributed by atoms with Crippen LogP contribution in [0.2, 0.25) is 0 Å². The van der Waals surface area contributed by atoms with Crippen molar-refractivity contribution in [1.29, 1.82) is 0 Å². The fourth-order valence-corrected chi connectivity index (χ4v) is 3.76. The first-order valence-electron chi connectivity index (χ1n) is 7.86. The van der Waals surface area contributed by atoms with Crippen LogP contribution < -0.4 is 5.73 Å². The van der Waals surface area contributed by atoms with Gasteiger partial charge < -0.3 is 15.4 Å². The predicted octanol–water partition coefficient (Wildman–Crippen LogP) is 2.74. The number of esters is 1. The van der Waals surface area contributed by atoms with Gasteiger partial charge in [0.15, 0.2) is 0 Å². The number of nitrogens with zero attached hydrogens (tertiary/aromatic N) is 1. The van der Waals surface area contributed by atoms with Crippen molar-refractivity contribution >= 4 is 30.8 Å². The maximum absolute atomic E-state index is 12.4. The molecule has 4 atom stereocenters. The maximum Gasteiger partial charge on any atom is 0.314 e. The quantitative estimate of drug-likeness (QED) is 0.838. The number of benzene rings is 1. The first kappa shape index (κ1) is 20.2. The fourth-order valence-electron chi connectivity index (χ4n) is 3.76. The lowest BCUT2D eigenvalue weighted by Gasteiger charge is -2.36. The van der Waals surface area contributed by atoms with Crippen molar-refractivity contribution in [3.05, 3.63) is 35.9 Å². The number of piperidine rings is 1. The largest absolute Gasteiger partial charge is 0.462 e. The summed E-state index contributed by atoms with van der Waals surface area (Å²) in [6.07, 6.45) is 4.45. The standard InChI is InChI=1S/C17H24N2O2.2ClH/c1-19-13-7-8-14(19)10-15(9-13)21-17(20)16(11-18)12-5-3-2-4-6-12;;/h2-6,13-16H,7-11,18H2,1H3;2*1H/t13-,14+,15?,16?;;. The summed E-state index contributed by atoms with van der Waals surface area (Å²) in [6, 6.07) is 10.8. The average molecular weight is 361 g/mol. The van der Waals surface area contributed by atoms with Gasteiger partial charge in [0.1, 0.15) is 6.10 Å². The van der Waals surface area contributed by atoms with E-state index < -0.39 is 0 Å². The van der Waals surface area contributed by atoms with E-state index in [1.807, 2.05) is 30.3 Å². The summed E-state index contributed by atoms with van der Waals surface area (Å²) in [5.41, 5.74) is 6.74. The van der Waals surface area contributed by atoms with Crippen LogP contribution >= 0.6 is 24.8 Å². The minimum Gasteiger partial charge on any atom is -0.462 e. The zero-order chi connectivity index (χ0) is 14.8. The Hall–Kier alpha value is -0.810. The van der Waals surface area contributed by atoms with E-state index in [9.17, 15) is 4.79 Å². The molecule has 0 radical (unpaired) electrons. The number of nitrogens with two attached hydrogens (primary N) is 1. The number of carbonyl (C=O) groups excluding carboxylic acids is 1. The summed E-state index contributed by atoms with van der Waals surface area (Å²) in [5.74, 6) is -0.513. The van der Waals surface area contributed by atoms with E-state index in [0.29, 0.717) is 18.6 Å². The first-order chi connectivity index (χ1) is 10.2. The Kier molecular flexibility index (Phi) is 7.81. The van der Waals surface area contributed by atoms with E-state index in [1.54, 1.807) is 0 Å². The van der Waals surface area contributed by atoms with Crippen LogP contribution in [-0.4, -0.2) is 42.6 Å². The Morgan fingerprint density at radius 3 is 2.30 bits per heavy atom. The van der Waals surface area contributed by atoms with E-state index in [0.717, 1.165) is 18.4 Å². The highest BCUT2D eigenvalue weighted by Gasteiger charge is 2.40. The van der Waals surface area contributed by atoms with Crippen LogP contribution in [0.3, 0.4) is 0 Å². The molecule has 2 saturated heterocycles. The van der Waals surface area contributed by atoms with E-state index in [1.165, 1.54) is 12.8 Å². The molecule has 4 nitrogen and oxygen atoms in total. The molecule has 6 heteroatoms. The number of hydrogen-bond acceptors (Lipinski definition) is 4. The predicted molar refractivity (Wildman–Crippen MR) is 96.4 cm³/mol. The molecule has 2 aliphatic heterocycles. The van der Waals surface area contributed by atoms with Gasteiger partial charge in [-0.1, -0.05) is 30.3 Å². The van der Waals surface area contributed by atoms with Crippen molar-refractivity contribution < 1.29 is 9.53 Å². The summed E-state index contributed by atoms with van der Waals surface area (Å²) in [4.78, 5) is 14.9. The second kappa shape index (κ2) is 8.88. The maximum atomic E-state index is 12.4. The number of ether oxygens (including phenoxy) is 1. The normalized spacial score (nSPS) is 27.5. The van der Waals surface area contributed by atoms with Gasteiger partial charge in [-0.05, 0) is 38.3 Å². The molecule has 2 aliphatic rings. The highest BCUT2D eigenvalue weighted by atomic mass is 35.5. The van der Waals surface area contributed by atoms with E-state index in [2.05, 4.69) is 11.9 Å². The van der Waals surface area contributed by atoms with Crippen LogP contribution in [0.1, 0.15) is 37.2 Å². The molecule has 0 saturated carbocycles. The smallest absolute Gasteiger partial charge is 0.314 e. The second-order valence-electron chi connectivity index (χ2n) is 6.28. The highest BCUT2D eigenvalue weighted by molar-refractivity contribution is 5.85. The van der Waals surface area contributed by atoms with Crippen LogP contribution in [-0.2, 0) is 9.53 Å². The van der Waals surface area contributed by atoms with Crippen LogP contribution in [0.25, 0.3) is 0 Å². The summed E-state index contributed by atoms with van der Waals surface area (Å²) in [7, 11) is 2.19. The molecular formula is C17H26Cl2N2O2. The molecule has 1 aromatic carbocycles. The number of carbonyl (C=O) groups is 1. The molecule has 0 spiro atoms. The van der Waals surface area contributed by atoms with Crippen molar-refractivity contribution in [3.8, 4) is 0 Å². The molecule has 0 aliphatic carbocycles. The molecule has 0 aromatic heterocycles. The Morgan fingerprint density at radius 2 is 1.78 bits per heavy atom. The first-order valence-corrected chi connectivity index (χ1v) is 7.86. The lowest BCUT2D eigenvalue weighted by atomic mass is 9.98. The summed E-state index contributed by atoms with van der Waals surface area (Å²) in [5, 5.41) is 0. The molecule has 23 heavy (non-hydrogen) atoms. The molecule has 2 bridgehead atoms. The van der Waals surface area contributed by atoms with Gasteiger partial charge in [0.05, 0.1) is 5.92 Å². The lowest BCUT2D eigenvalue weighted by molar-refractivity contribution is -0.154. The van der Waals surface area contributed by atoms with Crippen LogP contribution in [0.5, 0.6) is 0 Å². The van der Waals surface area contributed by atoms with Gasteiger partial charge in [0.2, 0.25) is 0 Å². The van der Waals surface area contributed by atoms with Crippen molar-refractivity contribution in [2.75, 3.05) is 13.6 Å². The fraction of sp³-hybridized carbons (Fsp3) is 0.588. The topological polar surface area (TPSA) is 55.6 Å². The number of hydrogen-bond donors (Lipinski definition) is 1. The number of rotatable bonds is 4. The summed E-state index contributed by atoms with van der Waals surface area (Å²) in [6.45, 7) is 0.294. The Morgan fingerprint density at radius 1 is 1.22 bits per heavy atom. The number of halogens is 2. The molecule has 1 aromatic rings. The molecular weight excluding hydrogens is 335 g/mol. The Bertz CT molecular complexity index is 487. The van der Waals surface area contributed by atoms with Crippen molar-refractivity contribution in [2.24, 2.45) is 5.73 Å². The molecule has 2 N–H and O–H groups in total. The highest BCUT2D eigenvalue weighted by Crippen LogP contribution is 2.36. The van der Waals surface area contributed by atoms with E-state index in [-0.39, 0.29) is 42.8 Å². The van der Waals surface area contributed by atoms with Gasteiger partial charge in [-0.15, -0.1) is 24.8 Å². The van der Waals surface area contributed by atoms with Crippen molar-refractivity contribution in [3.63, 3.8) is 0 Å². The van der Waals surface area contributed by atoms with Gasteiger partial charge in [0.25, 0.3) is 0 Å². The molecule has 2 fully saturated rings. The molecule has 2 unspecified atom stereocenters. The average Bonchev–Trinajstić information content (AvgIpc) is 2.72. The van der Waals surface area contributed by atoms with Gasteiger partial charge in [-0.3, -0.25) is 4.79 Å². The van der Waals surface area contributed by atoms with Gasteiger partial charge in [0, 0.05) is 18.6 Å². The zero-order valence-corrected chi connectivity index (χ0v) is 15.0. The van der Waals surface area contributed by atoms with E-state index >= 15 is 0 Å². The molecule has 3 rings (SSSR count). The number of fused-ring (bicyclic) bond motifs is 2. The lowest BCUT2D eigenvalue weighted by Crippen LogP contribution is -2.44. The monoisotopic (exact) mass is 360 g/mol. The van der Waals surface area contributed by atoms with Crippen molar-refractivity contribution in [1.82, 2.24) is 4.90 Å². The second-order valence-corrected chi connectivity index (χ2v) is 6.28. The zero-order valence-electron chi connectivity index (χ0n) is 13.4. The summed E-state index contributed by atoms with van der Waals surface area (Å²) >= 11 is 0. The van der Waals surface area contributed by atoms with Crippen LogP contribution in [0.4, 0.5) is 0 Å². The SMILES string of the molecule is CN1[C@@H]2CC[C@H]1CC(OC(=O)C(CN)c1ccccc1)C2.Cl.Cl. The van der Waals surface area contributed by atoms with Gasteiger partial charge in [-0.25, -0.2) is 0 Å². The van der Waals surface area contributed by atoms with E-state index in [4.69, 9.17) is 10.5 Å². The van der Waals surface area contributed by atoms with Crippen molar-refractivity contribution in [2.45, 2.75) is 49.8 Å². The van der Waals surface area contributed by atoms with Gasteiger partial charge in [-0.2, -0.15) is 0 Å². The molecule has 2 heterocycles. The molecule has 130 valence electrons. The van der Waals surface area contributed by atoms with Gasteiger partial charge >= 0.3 is 5.97 Å². The Labute approximate surface area is 150 Å². The third kappa shape index (κ3) is 4.38. The van der Waals surface area contributed by atoms with Crippen LogP contribution in [0.15, 0.2) is 30.3 Å². The van der Waals surface area contributed by atoms with Crippen LogP contribution in [0, 0.1) is 0 Å². The molecule has 0 amide bonds. The Balaban J connectivity index is 0.00000132. The third-order valence-electron chi connectivity index (χ3n) is 5.06. The summed E-state index contributed by atoms with van der Waals surface area (Å²) < 4.78 is 5.78.